The van der Waals surface area contributed by atoms with E-state index in [-0.39, 0.29) is 0 Å². The van der Waals surface area contributed by atoms with Crippen LogP contribution < -0.4 is 5.32 Å². The zero-order chi connectivity index (χ0) is 13.1. The average molecular weight is 247 g/mol. The molecule has 0 fully saturated rings. The second-order valence-corrected chi connectivity index (χ2v) is 4.44. The van der Waals surface area contributed by atoms with E-state index >= 15 is 0 Å². The van der Waals surface area contributed by atoms with Gasteiger partial charge < -0.3 is 5.32 Å². The summed E-state index contributed by atoms with van der Waals surface area (Å²) in [6, 6.07) is 2.07. The number of hydrogen-bond acceptors (Lipinski definition) is 3. The molecule has 0 amide bonds. The van der Waals surface area contributed by atoms with E-state index in [1.807, 2.05) is 23.2 Å². The summed E-state index contributed by atoms with van der Waals surface area (Å²) < 4.78 is 3.95. The van der Waals surface area contributed by atoms with E-state index in [1.165, 1.54) is 5.56 Å². The van der Waals surface area contributed by atoms with Crippen LogP contribution in [0.4, 0.5) is 5.82 Å². The fourth-order valence-electron chi connectivity index (χ4n) is 2.01. The van der Waals surface area contributed by atoms with Gasteiger partial charge >= 0.3 is 0 Å². The third kappa shape index (κ3) is 2.55. The quantitative estimate of drug-likeness (QED) is 0.882. The summed E-state index contributed by atoms with van der Waals surface area (Å²) in [6.45, 7) is 10.8. The molecule has 0 radical (unpaired) electrons. The van der Waals surface area contributed by atoms with Crippen LogP contribution in [0, 0.1) is 13.8 Å². The van der Waals surface area contributed by atoms with Gasteiger partial charge in [0.15, 0.2) is 0 Å². The summed E-state index contributed by atoms with van der Waals surface area (Å²) in [6.07, 6.45) is 2.10. The Morgan fingerprint density at radius 2 is 1.94 bits per heavy atom. The monoisotopic (exact) mass is 247 g/mol. The van der Waals surface area contributed by atoms with Gasteiger partial charge in [-0.1, -0.05) is 0 Å². The molecule has 0 aromatic carbocycles. The highest BCUT2D eigenvalue weighted by Crippen LogP contribution is 2.13. The van der Waals surface area contributed by atoms with Crippen molar-refractivity contribution >= 4 is 5.82 Å². The second-order valence-electron chi connectivity index (χ2n) is 4.44. The number of aromatic nitrogens is 4. The molecule has 0 unspecified atom stereocenters. The number of aryl methyl sites for hydroxylation is 4. The van der Waals surface area contributed by atoms with Crippen LogP contribution >= 0.6 is 0 Å². The van der Waals surface area contributed by atoms with Crippen molar-refractivity contribution in [2.45, 2.75) is 47.3 Å². The van der Waals surface area contributed by atoms with Crippen molar-refractivity contribution in [2.75, 3.05) is 5.32 Å². The molecule has 0 aliphatic heterocycles. The molecule has 2 aromatic rings. The summed E-state index contributed by atoms with van der Waals surface area (Å²) in [5.41, 5.74) is 3.36. The Morgan fingerprint density at radius 1 is 1.17 bits per heavy atom. The second kappa shape index (κ2) is 5.25. The molecule has 2 aromatic heterocycles. The van der Waals surface area contributed by atoms with Gasteiger partial charge in [-0.15, -0.1) is 0 Å². The first kappa shape index (κ1) is 12.7. The molecule has 2 heterocycles. The van der Waals surface area contributed by atoms with Crippen molar-refractivity contribution in [3.05, 3.63) is 29.2 Å². The molecular weight excluding hydrogens is 226 g/mol. The lowest BCUT2D eigenvalue weighted by Gasteiger charge is -2.07. The van der Waals surface area contributed by atoms with Gasteiger partial charge in [-0.3, -0.25) is 4.68 Å². The normalized spacial score (nSPS) is 10.9. The van der Waals surface area contributed by atoms with Crippen molar-refractivity contribution in [1.82, 2.24) is 19.6 Å². The highest BCUT2D eigenvalue weighted by molar-refractivity contribution is 5.38. The van der Waals surface area contributed by atoms with Crippen LogP contribution in [0.3, 0.4) is 0 Å². The molecule has 98 valence electrons. The lowest BCUT2D eigenvalue weighted by molar-refractivity contribution is 0.652. The van der Waals surface area contributed by atoms with Crippen molar-refractivity contribution in [2.24, 2.45) is 0 Å². The number of anilines is 1. The first-order valence-electron chi connectivity index (χ1n) is 6.45. The van der Waals surface area contributed by atoms with Gasteiger partial charge in [-0.05, 0) is 27.7 Å². The van der Waals surface area contributed by atoms with Gasteiger partial charge in [0.2, 0.25) is 0 Å². The zero-order valence-electron chi connectivity index (χ0n) is 11.6. The van der Waals surface area contributed by atoms with E-state index in [9.17, 15) is 0 Å². The standard InChI is InChI=1S/C13H21N5/c1-5-17-9-12(11(4)16-17)8-14-13-7-10(3)15-18(13)6-2/h7,9,14H,5-6,8H2,1-4H3. The molecule has 1 N–H and O–H groups in total. The number of nitrogens with zero attached hydrogens (tertiary/aromatic N) is 4. The Hall–Kier alpha value is -1.78. The molecule has 0 spiro atoms. The molecule has 0 bridgehead atoms. The molecule has 18 heavy (non-hydrogen) atoms. The highest BCUT2D eigenvalue weighted by Gasteiger charge is 2.07. The third-order valence-electron chi connectivity index (χ3n) is 3.03. The summed E-state index contributed by atoms with van der Waals surface area (Å²) >= 11 is 0. The van der Waals surface area contributed by atoms with Crippen LogP contribution in [0.2, 0.25) is 0 Å². The van der Waals surface area contributed by atoms with Crippen molar-refractivity contribution in [3.8, 4) is 0 Å². The van der Waals surface area contributed by atoms with E-state index < -0.39 is 0 Å². The lowest BCUT2D eigenvalue weighted by Crippen LogP contribution is -2.07. The van der Waals surface area contributed by atoms with Gasteiger partial charge in [-0.25, -0.2) is 4.68 Å². The van der Waals surface area contributed by atoms with Gasteiger partial charge in [0.25, 0.3) is 0 Å². The Bertz CT molecular complexity index is 523. The predicted molar refractivity (Wildman–Crippen MR) is 72.6 cm³/mol. The fraction of sp³-hybridized carbons (Fsp3) is 0.538. The van der Waals surface area contributed by atoms with Crippen LogP contribution in [0.5, 0.6) is 0 Å². The largest absolute Gasteiger partial charge is 0.366 e. The van der Waals surface area contributed by atoms with Crippen molar-refractivity contribution < 1.29 is 0 Å². The van der Waals surface area contributed by atoms with E-state index in [0.717, 1.165) is 36.8 Å². The first-order chi connectivity index (χ1) is 8.63. The van der Waals surface area contributed by atoms with Gasteiger partial charge in [0.05, 0.1) is 11.4 Å². The maximum atomic E-state index is 4.44. The van der Waals surface area contributed by atoms with E-state index in [0.29, 0.717) is 0 Å². The summed E-state index contributed by atoms with van der Waals surface area (Å²) in [7, 11) is 0. The number of hydrogen-bond donors (Lipinski definition) is 1. The molecule has 0 aliphatic carbocycles. The van der Waals surface area contributed by atoms with Crippen LogP contribution in [0.15, 0.2) is 12.3 Å². The molecule has 0 saturated heterocycles. The molecule has 5 heteroatoms. The van der Waals surface area contributed by atoms with E-state index in [4.69, 9.17) is 0 Å². The Balaban J connectivity index is 2.08. The Kier molecular flexibility index (Phi) is 3.69. The molecule has 0 aliphatic rings. The Labute approximate surface area is 108 Å². The molecular formula is C13H21N5. The maximum Gasteiger partial charge on any atom is 0.124 e. The van der Waals surface area contributed by atoms with Crippen LogP contribution in [0.25, 0.3) is 0 Å². The Morgan fingerprint density at radius 3 is 2.56 bits per heavy atom. The summed E-state index contributed by atoms with van der Waals surface area (Å²) in [4.78, 5) is 0. The van der Waals surface area contributed by atoms with Crippen molar-refractivity contribution in [1.29, 1.82) is 0 Å². The topological polar surface area (TPSA) is 47.7 Å². The van der Waals surface area contributed by atoms with Gasteiger partial charge in [0, 0.05) is 37.5 Å². The molecule has 0 atom stereocenters. The lowest BCUT2D eigenvalue weighted by atomic mass is 10.2. The van der Waals surface area contributed by atoms with E-state index in [1.54, 1.807) is 0 Å². The van der Waals surface area contributed by atoms with Gasteiger partial charge in [0.1, 0.15) is 5.82 Å². The molecule has 5 nitrogen and oxygen atoms in total. The van der Waals surface area contributed by atoms with E-state index in [2.05, 4.69) is 41.6 Å². The smallest absolute Gasteiger partial charge is 0.124 e. The number of rotatable bonds is 5. The molecule has 0 saturated carbocycles. The fourth-order valence-corrected chi connectivity index (χ4v) is 2.01. The maximum absolute atomic E-state index is 4.44. The van der Waals surface area contributed by atoms with Gasteiger partial charge in [-0.2, -0.15) is 10.2 Å². The summed E-state index contributed by atoms with van der Waals surface area (Å²) in [5, 5.41) is 12.3. The predicted octanol–water partition coefficient (Wildman–Crippen LogP) is 2.35. The minimum Gasteiger partial charge on any atom is -0.366 e. The van der Waals surface area contributed by atoms with Crippen molar-refractivity contribution in [3.63, 3.8) is 0 Å². The zero-order valence-corrected chi connectivity index (χ0v) is 11.6. The highest BCUT2D eigenvalue weighted by atomic mass is 15.3. The van der Waals surface area contributed by atoms with Crippen LogP contribution in [-0.2, 0) is 19.6 Å². The summed E-state index contributed by atoms with van der Waals surface area (Å²) in [5.74, 6) is 1.07. The van der Waals surface area contributed by atoms with Crippen LogP contribution in [-0.4, -0.2) is 19.6 Å². The SMILES string of the molecule is CCn1cc(CNc2cc(C)nn2CC)c(C)n1. The average Bonchev–Trinajstić information content (AvgIpc) is 2.89. The van der Waals surface area contributed by atoms with Crippen LogP contribution in [0.1, 0.15) is 30.8 Å². The number of nitrogens with one attached hydrogen (secondary N) is 1. The minimum atomic E-state index is 0.789. The first-order valence-corrected chi connectivity index (χ1v) is 6.45. The third-order valence-corrected chi connectivity index (χ3v) is 3.03. The molecule has 2 rings (SSSR count). The minimum absolute atomic E-state index is 0.789.